The predicted molar refractivity (Wildman–Crippen MR) is 70.6 cm³/mol. The Morgan fingerprint density at radius 3 is 2.63 bits per heavy atom. The Balaban J connectivity index is 2.07. The first-order valence-corrected chi connectivity index (χ1v) is 6.83. The molecule has 1 atom stereocenters. The summed E-state index contributed by atoms with van der Waals surface area (Å²) in [6.07, 6.45) is 3.83. The number of halogens is 1. The van der Waals surface area contributed by atoms with Gasteiger partial charge in [0.05, 0.1) is 11.7 Å². The van der Waals surface area contributed by atoms with Crippen molar-refractivity contribution in [3.05, 3.63) is 29.6 Å². The van der Waals surface area contributed by atoms with Crippen LogP contribution in [0.1, 0.15) is 50.7 Å². The zero-order valence-electron chi connectivity index (χ0n) is 11.2. The van der Waals surface area contributed by atoms with E-state index in [0.717, 1.165) is 19.3 Å². The van der Waals surface area contributed by atoms with Gasteiger partial charge in [0.2, 0.25) is 0 Å². The highest BCUT2D eigenvalue weighted by Gasteiger charge is 2.30. The zero-order chi connectivity index (χ0) is 13.9. The number of benzene rings is 1. The van der Waals surface area contributed by atoms with E-state index in [1.807, 2.05) is 0 Å². The lowest BCUT2D eigenvalue weighted by molar-refractivity contribution is -0.0346. The van der Waals surface area contributed by atoms with E-state index < -0.39 is 17.5 Å². The Morgan fingerprint density at radius 1 is 1.32 bits per heavy atom. The van der Waals surface area contributed by atoms with Crippen molar-refractivity contribution in [1.82, 2.24) is 0 Å². The molecule has 3 nitrogen and oxygen atoms in total. The quantitative estimate of drug-likeness (QED) is 0.882. The maximum Gasteiger partial charge on any atom is 0.128 e. The minimum absolute atomic E-state index is 0.149. The van der Waals surface area contributed by atoms with Crippen LogP contribution in [0.4, 0.5) is 4.39 Å². The van der Waals surface area contributed by atoms with Crippen LogP contribution in [0, 0.1) is 5.82 Å². The minimum atomic E-state index is -0.819. The van der Waals surface area contributed by atoms with Crippen LogP contribution in [0.5, 0.6) is 5.75 Å². The monoisotopic (exact) mass is 268 g/mol. The van der Waals surface area contributed by atoms with Gasteiger partial charge in [-0.05, 0) is 31.9 Å². The standard InChI is InChI=1S/C15H21FO3/c1-11(17)13-6-5-12(16)9-14(13)19-10-15(18)7-3-2-4-8-15/h5-6,9,11,17-18H,2-4,7-8,10H2,1H3/t11-/m0/s1. The van der Waals surface area contributed by atoms with Crippen molar-refractivity contribution in [3.63, 3.8) is 0 Å². The van der Waals surface area contributed by atoms with E-state index in [1.54, 1.807) is 6.92 Å². The van der Waals surface area contributed by atoms with E-state index in [-0.39, 0.29) is 6.61 Å². The molecule has 0 unspecified atom stereocenters. The normalized spacial score (nSPS) is 20.0. The SMILES string of the molecule is C[C@H](O)c1ccc(F)cc1OCC1(O)CCCCC1. The Labute approximate surface area is 113 Å². The molecule has 0 radical (unpaired) electrons. The van der Waals surface area contributed by atoms with Gasteiger partial charge in [-0.3, -0.25) is 0 Å². The molecule has 1 saturated carbocycles. The van der Waals surface area contributed by atoms with Gasteiger partial charge in [-0.2, -0.15) is 0 Å². The van der Waals surface area contributed by atoms with Gasteiger partial charge in [0.15, 0.2) is 0 Å². The van der Waals surface area contributed by atoms with Crippen LogP contribution in [0.25, 0.3) is 0 Å². The third kappa shape index (κ3) is 3.67. The van der Waals surface area contributed by atoms with Gasteiger partial charge in [0, 0.05) is 11.6 Å². The van der Waals surface area contributed by atoms with Crippen LogP contribution in [0.2, 0.25) is 0 Å². The molecule has 1 fully saturated rings. The first-order chi connectivity index (χ1) is 9.00. The molecule has 0 amide bonds. The summed E-state index contributed by atoms with van der Waals surface area (Å²) in [4.78, 5) is 0. The fraction of sp³-hybridized carbons (Fsp3) is 0.600. The maximum absolute atomic E-state index is 13.2. The van der Waals surface area contributed by atoms with Crippen LogP contribution in [0.3, 0.4) is 0 Å². The molecule has 0 bridgehead atoms. The van der Waals surface area contributed by atoms with Crippen molar-refractivity contribution in [3.8, 4) is 5.75 Å². The third-order valence-corrected chi connectivity index (χ3v) is 3.71. The van der Waals surface area contributed by atoms with Gasteiger partial charge >= 0.3 is 0 Å². The summed E-state index contributed by atoms with van der Waals surface area (Å²) < 4.78 is 18.8. The van der Waals surface area contributed by atoms with Crippen molar-refractivity contribution in [2.24, 2.45) is 0 Å². The Kier molecular flexibility index (Phi) is 4.42. The van der Waals surface area contributed by atoms with Crippen molar-refractivity contribution in [2.45, 2.75) is 50.7 Å². The number of aliphatic hydroxyl groups excluding tert-OH is 1. The average molecular weight is 268 g/mol. The molecule has 0 heterocycles. The summed E-state index contributed by atoms with van der Waals surface area (Å²) in [6.45, 7) is 1.76. The van der Waals surface area contributed by atoms with E-state index in [0.29, 0.717) is 24.2 Å². The number of hydrogen-bond donors (Lipinski definition) is 2. The van der Waals surface area contributed by atoms with Crippen LogP contribution in [0.15, 0.2) is 18.2 Å². The molecule has 1 aliphatic carbocycles. The van der Waals surface area contributed by atoms with Crippen LogP contribution in [-0.2, 0) is 0 Å². The summed E-state index contributed by atoms with van der Waals surface area (Å²) in [7, 11) is 0. The summed E-state index contributed by atoms with van der Waals surface area (Å²) in [5, 5.41) is 20.0. The Morgan fingerprint density at radius 2 is 2.00 bits per heavy atom. The highest BCUT2D eigenvalue weighted by molar-refractivity contribution is 5.35. The average Bonchev–Trinajstić information content (AvgIpc) is 2.37. The molecule has 4 heteroatoms. The summed E-state index contributed by atoms with van der Waals surface area (Å²) in [5.74, 6) is -0.0935. The highest BCUT2D eigenvalue weighted by Crippen LogP contribution is 2.31. The largest absolute Gasteiger partial charge is 0.490 e. The molecule has 2 N–H and O–H groups in total. The Bertz CT molecular complexity index is 425. The van der Waals surface area contributed by atoms with Crippen molar-refractivity contribution in [2.75, 3.05) is 6.61 Å². The zero-order valence-corrected chi connectivity index (χ0v) is 11.2. The topological polar surface area (TPSA) is 49.7 Å². The first kappa shape index (κ1) is 14.3. The van der Waals surface area contributed by atoms with E-state index >= 15 is 0 Å². The van der Waals surface area contributed by atoms with Crippen LogP contribution >= 0.6 is 0 Å². The Hall–Kier alpha value is -1.13. The second-order valence-electron chi connectivity index (χ2n) is 5.43. The van der Waals surface area contributed by atoms with Gasteiger partial charge in [-0.1, -0.05) is 19.3 Å². The van der Waals surface area contributed by atoms with Crippen molar-refractivity contribution in [1.29, 1.82) is 0 Å². The van der Waals surface area contributed by atoms with E-state index in [9.17, 15) is 14.6 Å². The molecule has 0 aromatic heterocycles. The minimum Gasteiger partial charge on any atom is -0.490 e. The molecule has 0 aliphatic heterocycles. The smallest absolute Gasteiger partial charge is 0.128 e. The maximum atomic E-state index is 13.2. The second kappa shape index (κ2) is 5.88. The third-order valence-electron chi connectivity index (χ3n) is 3.71. The molecule has 0 spiro atoms. The lowest BCUT2D eigenvalue weighted by atomic mass is 9.85. The lowest BCUT2D eigenvalue weighted by Gasteiger charge is -2.32. The van der Waals surface area contributed by atoms with Crippen molar-refractivity contribution < 1.29 is 19.3 Å². The van der Waals surface area contributed by atoms with Crippen molar-refractivity contribution >= 4 is 0 Å². The molecule has 0 saturated heterocycles. The van der Waals surface area contributed by atoms with Gasteiger partial charge in [-0.15, -0.1) is 0 Å². The summed E-state index contributed by atoms with van der Waals surface area (Å²) in [5.41, 5.74) is -0.277. The van der Waals surface area contributed by atoms with E-state index in [2.05, 4.69) is 0 Å². The fourth-order valence-corrected chi connectivity index (χ4v) is 2.54. The summed E-state index contributed by atoms with van der Waals surface area (Å²) in [6, 6.07) is 4.07. The number of rotatable bonds is 4. The first-order valence-electron chi connectivity index (χ1n) is 6.83. The molecule has 19 heavy (non-hydrogen) atoms. The number of aliphatic hydroxyl groups is 2. The molecule has 1 aliphatic rings. The van der Waals surface area contributed by atoms with Gasteiger partial charge < -0.3 is 14.9 Å². The van der Waals surface area contributed by atoms with E-state index in [1.165, 1.54) is 18.2 Å². The number of hydrogen-bond acceptors (Lipinski definition) is 3. The molecular weight excluding hydrogens is 247 g/mol. The van der Waals surface area contributed by atoms with Crippen LogP contribution in [-0.4, -0.2) is 22.4 Å². The second-order valence-corrected chi connectivity index (χ2v) is 5.43. The lowest BCUT2D eigenvalue weighted by Crippen LogP contribution is -2.38. The van der Waals surface area contributed by atoms with Crippen LogP contribution < -0.4 is 4.74 Å². The predicted octanol–water partition coefficient (Wildman–Crippen LogP) is 2.95. The molecule has 1 aromatic rings. The summed E-state index contributed by atoms with van der Waals surface area (Å²) >= 11 is 0. The molecule has 106 valence electrons. The van der Waals surface area contributed by atoms with Gasteiger partial charge in [0.25, 0.3) is 0 Å². The van der Waals surface area contributed by atoms with Gasteiger partial charge in [0.1, 0.15) is 18.2 Å². The fourth-order valence-electron chi connectivity index (χ4n) is 2.54. The molecule has 1 aromatic carbocycles. The molecular formula is C15H21FO3. The van der Waals surface area contributed by atoms with E-state index in [4.69, 9.17) is 4.74 Å². The number of ether oxygens (including phenoxy) is 1. The van der Waals surface area contributed by atoms with Gasteiger partial charge in [-0.25, -0.2) is 4.39 Å². The highest BCUT2D eigenvalue weighted by atomic mass is 19.1. The molecule has 2 rings (SSSR count).